The molecule has 3 aromatic rings. The van der Waals surface area contributed by atoms with E-state index in [0.717, 1.165) is 9.99 Å². The number of alkyl halides is 1. The standard InChI is InChI=1S/C20H17IN2O5S/c1-20(2)18(24)17(14-7-12(10-22)4-6-15(14)27-20)29(25,26)19-13-5-3-11(9-21)8-16(13)28-23-19/h3-8,17-18,24H,9H2,1-2H3/t17-,18+/m1/s1. The van der Waals surface area contributed by atoms with E-state index in [9.17, 15) is 18.8 Å². The fourth-order valence-electron chi connectivity index (χ4n) is 3.52. The summed E-state index contributed by atoms with van der Waals surface area (Å²) in [7, 11) is -4.17. The number of sulfone groups is 1. The van der Waals surface area contributed by atoms with Gasteiger partial charge in [-0.25, -0.2) is 8.42 Å². The molecule has 2 heterocycles. The van der Waals surface area contributed by atoms with Crippen LogP contribution in [-0.4, -0.2) is 30.4 Å². The lowest BCUT2D eigenvalue weighted by molar-refractivity contribution is -0.0444. The molecule has 0 bridgehead atoms. The zero-order chi connectivity index (χ0) is 21.0. The molecule has 9 heteroatoms. The second-order valence-electron chi connectivity index (χ2n) is 7.43. The molecule has 0 saturated heterocycles. The van der Waals surface area contributed by atoms with Gasteiger partial charge in [-0.3, -0.25) is 0 Å². The average Bonchev–Trinajstić information content (AvgIpc) is 3.12. The Morgan fingerprint density at radius 1 is 1.28 bits per heavy atom. The maximum atomic E-state index is 13.7. The monoisotopic (exact) mass is 524 g/mol. The quantitative estimate of drug-likeness (QED) is 0.411. The number of hydrogen-bond donors (Lipinski definition) is 1. The van der Waals surface area contributed by atoms with Crippen LogP contribution < -0.4 is 4.74 Å². The predicted octanol–water partition coefficient (Wildman–Crippen LogP) is 3.68. The van der Waals surface area contributed by atoms with Crippen molar-refractivity contribution in [3.8, 4) is 11.8 Å². The van der Waals surface area contributed by atoms with Gasteiger partial charge in [0.2, 0.25) is 14.9 Å². The molecule has 1 aliphatic heterocycles. The summed E-state index contributed by atoms with van der Waals surface area (Å²) < 4.78 is 39.2. The van der Waals surface area contributed by atoms with Gasteiger partial charge in [0.25, 0.3) is 0 Å². The second-order valence-corrected chi connectivity index (χ2v) is 10.2. The number of benzene rings is 2. The minimum absolute atomic E-state index is 0.232. The van der Waals surface area contributed by atoms with Crippen molar-refractivity contribution in [3.63, 3.8) is 0 Å². The molecule has 1 aliphatic rings. The van der Waals surface area contributed by atoms with Crippen molar-refractivity contribution < 1.29 is 22.8 Å². The van der Waals surface area contributed by atoms with Crippen LogP contribution in [0.1, 0.15) is 35.8 Å². The van der Waals surface area contributed by atoms with Crippen LogP contribution in [0, 0.1) is 11.3 Å². The number of nitriles is 1. The second kappa shape index (κ2) is 6.97. The van der Waals surface area contributed by atoms with E-state index >= 15 is 0 Å². The summed E-state index contributed by atoms with van der Waals surface area (Å²) in [5, 5.41) is 22.8. The minimum atomic E-state index is -4.17. The van der Waals surface area contributed by atoms with E-state index in [1.54, 1.807) is 38.1 Å². The zero-order valence-electron chi connectivity index (χ0n) is 15.6. The van der Waals surface area contributed by atoms with E-state index in [2.05, 4.69) is 27.7 Å². The van der Waals surface area contributed by atoms with Gasteiger partial charge in [-0.2, -0.15) is 5.26 Å². The van der Waals surface area contributed by atoms with Gasteiger partial charge in [0.1, 0.15) is 22.7 Å². The molecule has 0 radical (unpaired) electrons. The molecule has 0 spiro atoms. The molecular weight excluding hydrogens is 507 g/mol. The van der Waals surface area contributed by atoms with Crippen molar-refractivity contribution >= 4 is 43.4 Å². The summed E-state index contributed by atoms with van der Waals surface area (Å²) in [5.41, 5.74) is 0.693. The largest absolute Gasteiger partial charge is 0.485 e. The fourth-order valence-corrected chi connectivity index (χ4v) is 6.03. The van der Waals surface area contributed by atoms with Gasteiger partial charge in [-0.1, -0.05) is 33.8 Å². The van der Waals surface area contributed by atoms with Gasteiger partial charge in [-0.05, 0) is 49.7 Å². The number of fused-ring (bicyclic) bond motifs is 2. The molecule has 0 saturated carbocycles. The molecule has 2 atom stereocenters. The number of halogens is 1. The molecule has 0 aliphatic carbocycles. The summed E-state index contributed by atoms with van der Waals surface area (Å²) >= 11 is 2.20. The molecular formula is C20H17IN2O5S. The first kappa shape index (κ1) is 20.1. The van der Waals surface area contributed by atoms with Crippen LogP contribution in [0.15, 0.2) is 45.9 Å². The van der Waals surface area contributed by atoms with Crippen molar-refractivity contribution in [1.82, 2.24) is 5.16 Å². The Morgan fingerprint density at radius 2 is 2.03 bits per heavy atom. The molecule has 150 valence electrons. The van der Waals surface area contributed by atoms with Crippen molar-refractivity contribution in [1.29, 1.82) is 5.26 Å². The number of aromatic nitrogens is 1. The zero-order valence-corrected chi connectivity index (χ0v) is 18.6. The van der Waals surface area contributed by atoms with Crippen LogP contribution in [0.25, 0.3) is 11.0 Å². The van der Waals surface area contributed by atoms with Crippen LogP contribution in [0.4, 0.5) is 0 Å². The van der Waals surface area contributed by atoms with Gasteiger partial charge in [0.15, 0.2) is 5.58 Å². The number of nitrogens with zero attached hydrogens (tertiary/aromatic N) is 2. The summed E-state index contributed by atoms with van der Waals surface area (Å²) in [6.45, 7) is 3.24. The molecule has 4 rings (SSSR count). The first-order chi connectivity index (χ1) is 13.7. The summed E-state index contributed by atoms with van der Waals surface area (Å²) in [6, 6.07) is 11.8. The third-order valence-electron chi connectivity index (χ3n) is 5.08. The number of hydrogen-bond acceptors (Lipinski definition) is 7. The Bertz CT molecular complexity index is 1260. The van der Waals surface area contributed by atoms with E-state index in [1.807, 2.05) is 12.1 Å². The Balaban J connectivity index is 1.94. The van der Waals surface area contributed by atoms with Crippen molar-refractivity contribution in [2.24, 2.45) is 0 Å². The van der Waals surface area contributed by atoms with E-state index in [4.69, 9.17) is 9.26 Å². The van der Waals surface area contributed by atoms with Crippen LogP contribution in [0.3, 0.4) is 0 Å². The maximum Gasteiger partial charge on any atom is 0.209 e. The highest BCUT2D eigenvalue weighted by molar-refractivity contribution is 14.1. The summed E-state index contributed by atoms with van der Waals surface area (Å²) in [4.78, 5) is 0. The van der Waals surface area contributed by atoms with Crippen LogP contribution in [0.2, 0.25) is 0 Å². The van der Waals surface area contributed by atoms with E-state index in [-0.39, 0.29) is 16.2 Å². The van der Waals surface area contributed by atoms with E-state index < -0.39 is 26.8 Å². The highest BCUT2D eigenvalue weighted by Crippen LogP contribution is 2.46. The van der Waals surface area contributed by atoms with E-state index in [0.29, 0.717) is 16.7 Å². The number of rotatable bonds is 3. The molecule has 0 unspecified atom stereocenters. The summed E-state index contributed by atoms with van der Waals surface area (Å²) in [6.07, 6.45) is -1.38. The topological polar surface area (TPSA) is 113 Å². The fraction of sp³-hybridized carbons (Fsp3) is 0.300. The predicted molar refractivity (Wildman–Crippen MR) is 114 cm³/mol. The third kappa shape index (κ3) is 3.19. The summed E-state index contributed by atoms with van der Waals surface area (Å²) in [5.74, 6) is 0.313. The highest BCUT2D eigenvalue weighted by Gasteiger charge is 2.50. The van der Waals surface area contributed by atoms with Gasteiger partial charge in [0.05, 0.1) is 17.0 Å². The SMILES string of the molecule is CC1(C)Oc2ccc(C#N)cc2[C@@H](S(=O)(=O)c2noc3cc(CI)ccc23)[C@@H]1O. The maximum absolute atomic E-state index is 13.7. The van der Waals surface area contributed by atoms with Crippen LogP contribution in [0.5, 0.6) is 5.75 Å². The smallest absolute Gasteiger partial charge is 0.209 e. The van der Waals surface area contributed by atoms with Gasteiger partial charge in [-0.15, -0.1) is 0 Å². The number of aliphatic hydroxyl groups excluding tert-OH is 1. The average molecular weight is 524 g/mol. The van der Waals surface area contributed by atoms with Crippen molar-refractivity contribution in [2.45, 2.75) is 40.3 Å². The van der Waals surface area contributed by atoms with Gasteiger partial charge in [0, 0.05) is 9.99 Å². The molecule has 1 aromatic heterocycles. The number of ether oxygens (including phenoxy) is 1. The molecule has 7 nitrogen and oxygen atoms in total. The Kier molecular flexibility index (Phi) is 4.83. The van der Waals surface area contributed by atoms with Crippen molar-refractivity contribution in [3.05, 3.63) is 53.1 Å². The first-order valence-electron chi connectivity index (χ1n) is 8.78. The van der Waals surface area contributed by atoms with Gasteiger partial charge >= 0.3 is 0 Å². The lowest BCUT2D eigenvalue weighted by atomic mass is 9.90. The lowest BCUT2D eigenvalue weighted by Crippen LogP contribution is -2.50. The Labute approximate surface area is 181 Å². The van der Waals surface area contributed by atoms with E-state index in [1.165, 1.54) is 6.07 Å². The Morgan fingerprint density at radius 3 is 2.72 bits per heavy atom. The molecule has 0 fully saturated rings. The van der Waals surface area contributed by atoms with Crippen LogP contribution in [-0.2, 0) is 14.3 Å². The lowest BCUT2D eigenvalue weighted by Gasteiger charge is -2.41. The normalized spacial score (nSPS) is 20.7. The van der Waals surface area contributed by atoms with Gasteiger partial charge < -0.3 is 14.4 Å². The Hall–Kier alpha value is -2.16. The third-order valence-corrected chi connectivity index (χ3v) is 7.97. The first-order valence-corrected chi connectivity index (χ1v) is 11.9. The number of aliphatic hydroxyl groups is 1. The molecule has 29 heavy (non-hydrogen) atoms. The molecule has 1 N–H and O–H groups in total. The molecule has 0 amide bonds. The minimum Gasteiger partial charge on any atom is -0.485 e. The van der Waals surface area contributed by atoms with Crippen LogP contribution >= 0.6 is 22.6 Å². The molecule has 2 aromatic carbocycles. The van der Waals surface area contributed by atoms with Crippen molar-refractivity contribution in [2.75, 3.05) is 0 Å². The highest BCUT2D eigenvalue weighted by atomic mass is 127.